The molecule has 4 heteroatoms. The summed E-state index contributed by atoms with van der Waals surface area (Å²) in [6, 6.07) is 1.61. The second-order valence-corrected chi connectivity index (χ2v) is 3.18. The number of rotatable bonds is 4. The molecule has 0 N–H and O–H groups in total. The molecule has 2 nitrogen and oxygen atoms in total. The summed E-state index contributed by atoms with van der Waals surface area (Å²) in [5.74, 6) is 0.280. The minimum absolute atomic E-state index is 0.183. The van der Waals surface area contributed by atoms with Crippen LogP contribution in [0.5, 0.6) is 0 Å². The molecular weight excluding hydrogens is 203 g/mol. The Bertz CT molecular complexity index is 300. The number of halogens is 2. The van der Waals surface area contributed by atoms with E-state index >= 15 is 0 Å². The predicted molar refractivity (Wildman–Crippen MR) is 57.3 cm³/mol. The van der Waals surface area contributed by atoms with Crippen molar-refractivity contribution in [3.8, 4) is 0 Å². The molecule has 0 atom stereocenters. The highest BCUT2D eigenvalue weighted by Crippen LogP contribution is 2.20. The quantitative estimate of drug-likeness (QED) is 0.720. The van der Waals surface area contributed by atoms with Crippen LogP contribution in [0.1, 0.15) is 19.4 Å². The van der Waals surface area contributed by atoms with Gasteiger partial charge in [0.15, 0.2) is 11.6 Å². The molecule has 0 radical (unpaired) electrons. The van der Waals surface area contributed by atoms with Gasteiger partial charge in [-0.1, -0.05) is 0 Å². The second-order valence-electron chi connectivity index (χ2n) is 2.91. The van der Waals surface area contributed by atoms with E-state index in [1.54, 1.807) is 12.3 Å². The Kier molecular flexibility index (Phi) is 4.14. The molecule has 1 rings (SSSR count). The van der Waals surface area contributed by atoms with E-state index in [0.29, 0.717) is 11.4 Å². The summed E-state index contributed by atoms with van der Waals surface area (Å²) in [5.41, 5.74) is 0.503. The Labute approximate surface area is 88.7 Å². The van der Waals surface area contributed by atoms with Crippen molar-refractivity contribution in [3.63, 3.8) is 0 Å². The van der Waals surface area contributed by atoms with Gasteiger partial charge in [0.2, 0.25) is 0 Å². The van der Waals surface area contributed by atoms with Crippen LogP contribution in [0.15, 0.2) is 12.3 Å². The molecule has 14 heavy (non-hydrogen) atoms. The third-order valence-electron chi connectivity index (χ3n) is 2.16. The number of pyridine rings is 1. The van der Waals surface area contributed by atoms with Crippen molar-refractivity contribution in [2.75, 3.05) is 18.0 Å². The maximum absolute atomic E-state index is 13.7. The number of aromatic nitrogens is 1. The minimum atomic E-state index is -0.300. The van der Waals surface area contributed by atoms with Crippen LogP contribution in [0, 0.1) is 5.82 Å². The van der Waals surface area contributed by atoms with Gasteiger partial charge in [0.05, 0.1) is 5.88 Å². The van der Waals surface area contributed by atoms with E-state index in [-0.39, 0.29) is 11.7 Å². The van der Waals surface area contributed by atoms with Crippen molar-refractivity contribution in [2.45, 2.75) is 19.7 Å². The smallest absolute Gasteiger partial charge is 0.170 e. The molecule has 1 aromatic rings. The van der Waals surface area contributed by atoms with Crippen molar-refractivity contribution in [1.82, 2.24) is 4.98 Å². The molecule has 0 spiro atoms. The fraction of sp³-hybridized carbons (Fsp3) is 0.500. The van der Waals surface area contributed by atoms with E-state index in [1.807, 2.05) is 18.7 Å². The Morgan fingerprint density at radius 3 is 2.57 bits per heavy atom. The van der Waals surface area contributed by atoms with Gasteiger partial charge in [-0.05, 0) is 19.9 Å². The summed E-state index contributed by atoms with van der Waals surface area (Å²) >= 11 is 5.61. The molecule has 0 aromatic carbocycles. The Morgan fingerprint density at radius 2 is 2.07 bits per heavy atom. The summed E-state index contributed by atoms with van der Waals surface area (Å²) in [6.45, 7) is 5.42. The van der Waals surface area contributed by atoms with E-state index in [9.17, 15) is 4.39 Å². The number of anilines is 1. The normalized spacial score (nSPS) is 10.3. The van der Waals surface area contributed by atoms with Gasteiger partial charge < -0.3 is 4.90 Å². The minimum Gasteiger partial charge on any atom is -0.355 e. The highest BCUT2D eigenvalue weighted by atomic mass is 35.5. The lowest BCUT2D eigenvalue weighted by Gasteiger charge is -2.20. The van der Waals surface area contributed by atoms with Crippen molar-refractivity contribution >= 4 is 17.4 Å². The zero-order valence-electron chi connectivity index (χ0n) is 8.43. The summed E-state index contributed by atoms with van der Waals surface area (Å²) in [5, 5.41) is 0. The Hall–Kier alpha value is -0.830. The molecule has 0 aliphatic carbocycles. The maximum Gasteiger partial charge on any atom is 0.170 e. The molecule has 0 fully saturated rings. The molecule has 1 aromatic heterocycles. The predicted octanol–water partition coefficient (Wildman–Crippen LogP) is 2.81. The Balaban J connectivity index is 3.07. The summed E-state index contributed by atoms with van der Waals surface area (Å²) < 4.78 is 13.7. The first-order valence-electron chi connectivity index (χ1n) is 4.68. The summed E-state index contributed by atoms with van der Waals surface area (Å²) in [4.78, 5) is 5.89. The molecule has 0 aliphatic rings. The molecule has 0 amide bonds. The molecule has 0 unspecified atom stereocenters. The van der Waals surface area contributed by atoms with Crippen LogP contribution in [0.4, 0.5) is 10.2 Å². The molecule has 0 bridgehead atoms. The number of hydrogen-bond acceptors (Lipinski definition) is 2. The van der Waals surface area contributed by atoms with Crippen LogP contribution in [0.3, 0.4) is 0 Å². The summed E-state index contributed by atoms with van der Waals surface area (Å²) in [6.07, 6.45) is 1.59. The van der Waals surface area contributed by atoms with Crippen molar-refractivity contribution in [2.24, 2.45) is 0 Å². The lowest BCUT2D eigenvalue weighted by atomic mass is 10.2. The first-order valence-corrected chi connectivity index (χ1v) is 5.22. The van der Waals surface area contributed by atoms with Gasteiger partial charge in [0, 0.05) is 24.8 Å². The maximum atomic E-state index is 13.7. The zero-order valence-corrected chi connectivity index (χ0v) is 9.18. The largest absolute Gasteiger partial charge is 0.355 e. The zero-order chi connectivity index (χ0) is 10.6. The monoisotopic (exact) mass is 216 g/mol. The number of alkyl halides is 1. The van der Waals surface area contributed by atoms with Gasteiger partial charge in [-0.15, -0.1) is 11.6 Å². The molecule has 0 saturated carbocycles. The second kappa shape index (κ2) is 5.15. The van der Waals surface area contributed by atoms with Gasteiger partial charge in [0.1, 0.15) is 0 Å². The van der Waals surface area contributed by atoms with Gasteiger partial charge in [-0.25, -0.2) is 9.37 Å². The number of nitrogens with zero attached hydrogens (tertiary/aromatic N) is 2. The highest BCUT2D eigenvalue weighted by Gasteiger charge is 2.12. The topological polar surface area (TPSA) is 16.1 Å². The third-order valence-corrected chi connectivity index (χ3v) is 2.45. The van der Waals surface area contributed by atoms with Crippen LogP contribution >= 0.6 is 11.6 Å². The van der Waals surface area contributed by atoms with Crippen LogP contribution in [-0.4, -0.2) is 18.1 Å². The molecule has 78 valence electrons. The highest BCUT2D eigenvalue weighted by molar-refractivity contribution is 6.17. The fourth-order valence-corrected chi connectivity index (χ4v) is 1.52. The average molecular weight is 217 g/mol. The fourth-order valence-electron chi connectivity index (χ4n) is 1.32. The SMILES string of the molecule is CCN(CC)c1nccc(CCl)c1F. The van der Waals surface area contributed by atoms with Crippen LogP contribution in [0.25, 0.3) is 0 Å². The lowest BCUT2D eigenvalue weighted by Crippen LogP contribution is -2.24. The standard InChI is InChI=1S/C10H14ClFN2/c1-3-14(4-2)10-9(12)8(7-11)5-6-13-10/h5-6H,3-4,7H2,1-2H3. The van der Waals surface area contributed by atoms with E-state index in [0.717, 1.165) is 13.1 Å². The third kappa shape index (κ3) is 2.15. The van der Waals surface area contributed by atoms with Gasteiger partial charge in [-0.3, -0.25) is 0 Å². The van der Waals surface area contributed by atoms with Crippen molar-refractivity contribution in [3.05, 3.63) is 23.6 Å². The van der Waals surface area contributed by atoms with Crippen LogP contribution in [0.2, 0.25) is 0 Å². The average Bonchev–Trinajstić information content (AvgIpc) is 2.22. The first kappa shape index (κ1) is 11.2. The van der Waals surface area contributed by atoms with E-state index in [2.05, 4.69) is 4.98 Å². The van der Waals surface area contributed by atoms with Gasteiger partial charge in [-0.2, -0.15) is 0 Å². The van der Waals surface area contributed by atoms with Crippen LogP contribution in [-0.2, 0) is 5.88 Å². The van der Waals surface area contributed by atoms with Crippen LogP contribution < -0.4 is 4.90 Å². The molecule has 1 heterocycles. The first-order chi connectivity index (χ1) is 6.74. The van der Waals surface area contributed by atoms with E-state index in [1.165, 1.54) is 0 Å². The van der Waals surface area contributed by atoms with Gasteiger partial charge in [0.25, 0.3) is 0 Å². The molecular formula is C10H14ClFN2. The van der Waals surface area contributed by atoms with Crippen molar-refractivity contribution in [1.29, 1.82) is 0 Å². The van der Waals surface area contributed by atoms with E-state index in [4.69, 9.17) is 11.6 Å². The van der Waals surface area contributed by atoms with E-state index < -0.39 is 0 Å². The molecule has 0 saturated heterocycles. The van der Waals surface area contributed by atoms with Gasteiger partial charge >= 0.3 is 0 Å². The van der Waals surface area contributed by atoms with Crippen molar-refractivity contribution < 1.29 is 4.39 Å². The lowest BCUT2D eigenvalue weighted by molar-refractivity contribution is 0.602. The number of hydrogen-bond donors (Lipinski definition) is 0. The molecule has 0 aliphatic heterocycles. The Morgan fingerprint density at radius 1 is 1.43 bits per heavy atom. The summed E-state index contributed by atoms with van der Waals surface area (Å²) in [7, 11) is 0.